The molecule has 1 heterocycles. The van der Waals surface area contributed by atoms with Gasteiger partial charge in [0.05, 0.1) is 12.8 Å². The molecule has 0 radical (unpaired) electrons. The van der Waals surface area contributed by atoms with Gasteiger partial charge in [0.2, 0.25) is 0 Å². The third-order valence-corrected chi connectivity index (χ3v) is 5.28. The molecule has 35 heavy (non-hydrogen) atoms. The molecular formula is C26H31FN4O4. The molecule has 0 aliphatic heterocycles. The molecule has 9 heteroatoms. The second kappa shape index (κ2) is 12.0. The van der Waals surface area contributed by atoms with Crippen molar-refractivity contribution in [3.8, 4) is 22.8 Å². The Morgan fingerprint density at radius 1 is 1.11 bits per heavy atom. The van der Waals surface area contributed by atoms with Crippen molar-refractivity contribution >= 4 is 11.8 Å². The highest BCUT2D eigenvalue weighted by Crippen LogP contribution is 2.28. The first-order valence-electron chi connectivity index (χ1n) is 11.4. The maximum Gasteiger partial charge on any atom is 0.258 e. The smallest absolute Gasteiger partial charge is 0.258 e. The summed E-state index contributed by atoms with van der Waals surface area (Å²) in [6, 6.07) is 13.0. The Morgan fingerprint density at radius 2 is 1.86 bits per heavy atom. The van der Waals surface area contributed by atoms with Crippen LogP contribution in [0.4, 0.5) is 4.39 Å². The van der Waals surface area contributed by atoms with Gasteiger partial charge in [-0.3, -0.25) is 14.7 Å². The summed E-state index contributed by atoms with van der Waals surface area (Å²) in [5.41, 5.74) is 2.99. The number of carbonyl (C=O) groups is 2. The van der Waals surface area contributed by atoms with Crippen LogP contribution in [0.2, 0.25) is 0 Å². The molecule has 0 aliphatic rings. The van der Waals surface area contributed by atoms with Gasteiger partial charge in [-0.05, 0) is 75.2 Å². The first-order chi connectivity index (χ1) is 16.8. The largest absolute Gasteiger partial charge is 0.493 e. The van der Waals surface area contributed by atoms with Crippen molar-refractivity contribution in [2.45, 2.75) is 32.7 Å². The van der Waals surface area contributed by atoms with E-state index in [0.29, 0.717) is 30.0 Å². The van der Waals surface area contributed by atoms with E-state index >= 15 is 0 Å². The lowest BCUT2D eigenvalue weighted by Gasteiger charge is -2.18. The Bertz CT molecular complexity index is 1140. The van der Waals surface area contributed by atoms with Gasteiger partial charge in [0.25, 0.3) is 11.8 Å². The number of methoxy groups -OCH3 is 1. The number of benzene rings is 2. The molecule has 0 aliphatic carbocycles. The van der Waals surface area contributed by atoms with Gasteiger partial charge in [-0.25, -0.2) is 4.39 Å². The van der Waals surface area contributed by atoms with Crippen LogP contribution in [-0.2, 0) is 11.2 Å². The quantitative estimate of drug-likeness (QED) is 0.433. The third-order valence-electron chi connectivity index (χ3n) is 5.28. The summed E-state index contributed by atoms with van der Waals surface area (Å²) in [5, 5.41) is 10.0. The van der Waals surface area contributed by atoms with Crippen LogP contribution in [0.5, 0.6) is 11.5 Å². The first-order valence-corrected chi connectivity index (χ1v) is 11.4. The predicted octanol–water partition coefficient (Wildman–Crippen LogP) is 3.83. The van der Waals surface area contributed by atoms with E-state index in [9.17, 15) is 14.0 Å². The van der Waals surface area contributed by atoms with Crippen LogP contribution in [0.1, 0.15) is 36.3 Å². The van der Waals surface area contributed by atoms with Gasteiger partial charge >= 0.3 is 0 Å². The minimum atomic E-state index is -0.286. The van der Waals surface area contributed by atoms with Crippen molar-refractivity contribution in [1.82, 2.24) is 20.4 Å². The molecule has 0 atom stereocenters. The van der Waals surface area contributed by atoms with Crippen LogP contribution in [0.3, 0.4) is 0 Å². The number of carbonyl (C=O) groups excluding carboxylic acids is 2. The molecular weight excluding hydrogens is 451 g/mol. The number of amides is 2. The summed E-state index contributed by atoms with van der Waals surface area (Å²) in [5.74, 6) is 0.105. The van der Waals surface area contributed by atoms with Gasteiger partial charge < -0.3 is 19.7 Å². The zero-order chi connectivity index (χ0) is 25.4. The van der Waals surface area contributed by atoms with E-state index in [0.717, 1.165) is 23.4 Å². The van der Waals surface area contributed by atoms with Gasteiger partial charge in [-0.1, -0.05) is 0 Å². The maximum atomic E-state index is 13.1. The zero-order valence-electron chi connectivity index (χ0n) is 20.4. The summed E-state index contributed by atoms with van der Waals surface area (Å²) in [4.78, 5) is 26.3. The van der Waals surface area contributed by atoms with E-state index in [-0.39, 0.29) is 30.3 Å². The number of hydrogen-bond acceptors (Lipinski definition) is 5. The Morgan fingerprint density at radius 3 is 2.54 bits per heavy atom. The van der Waals surface area contributed by atoms with Gasteiger partial charge in [0, 0.05) is 36.5 Å². The molecule has 0 spiro atoms. The Kier molecular flexibility index (Phi) is 8.83. The summed E-state index contributed by atoms with van der Waals surface area (Å²) < 4.78 is 24.0. The van der Waals surface area contributed by atoms with Crippen LogP contribution in [-0.4, -0.2) is 60.3 Å². The number of H-pyrrole nitrogens is 1. The van der Waals surface area contributed by atoms with Gasteiger partial charge in [-0.15, -0.1) is 0 Å². The number of aromatic amines is 1. The Hall–Kier alpha value is -3.88. The molecule has 0 unspecified atom stereocenters. The molecule has 2 N–H and O–H groups in total. The highest BCUT2D eigenvalue weighted by Gasteiger charge is 2.16. The summed E-state index contributed by atoms with van der Waals surface area (Å²) >= 11 is 0. The normalized spacial score (nSPS) is 10.8. The monoisotopic (exact) mass is 482 g/mol. The van der Waals surface area contributed by atoms with Crippen molar-refractivity contribution in [2.75, 3.05) is 27.3 Å². The van der Waals surface area contributed by atoms with Crippen molar-refractivity contribution in [1.29, 1.82) is 0 Å². The standard InChI is InChI=1S/C26H31FN4O4/c1-17(2)28-25(32)16-35-23-12-9-19(14-24(23)34-4)26(33)31(3)13-5-6-21-15-22(30-29-21)18-7-10-20(27)11-8-18/h7-12,14-15,17H,5-6,13,16H2,1-4H3,(H,28,32)(H,29,30). The van der Waals surface area contributed by atoms with Crippen LogP contribution in [0.15, 0.2) is 48.5 Å². The number of ether oxygens (including phenoxy) is 2. The number of nitrogens with one attached hydrogen (secondary N) is 2. The van der Waals surface area contributed by atoms with E-state index in [1.54, 1.807) is 42.3 Å². The SMILES string of the molecule is COc1cc(C(=O)N(C)CCCc2cc(-c3ccc(F)cc3)n[nH]2)ccc1OCC(=O)NC(C)C. The molecule has 3 aromatic rings. The maximum absolute atomic E-state index is 13.1. The fourth-order valence-electron chi connectivity index (χ4n) is 3.51. The molecule has 2 amide bonds. The molecule has 186 valence electrons. The van der Waals surface area contributed by atoms with Crippen LogP contribution < -0.4 is 14.8 Å². The number of nitrogens with zero attached hydrogens (tertiary/aromatic N) is 2. The number of aromatic nitrogens is 2. The minimum Gasteiger partial charge on any atom is -0.493 e. The average molecular weight is 483 g/mol. The molecule has 0 fully saturated rings. The average Bonchev–Trinajstić information content (AvgIpc) is 3.31. The van der Waals surface area contributed by atoms with Crippen molar-refractivity contribution in [3.63, 3.8) is 0 Å². The second-order valence-corrected chi connectivity index (χ2v) is 8.49. The lowest BCUT2D eigenvalue weighted by atomic mass is 10.1. The van der Waals surface area contributed by atoms with E-state index in [1.165, 1.54) is 19.2 Å². The predicted molar refractivity (Wildman–Crippen MR) is 131 cm³/mol. The lowest BCUT2D eigenvalue weighted by molar-refractivity contribution is -0.123. The third kappa shape index (κ3) is 7.30. The number of halogens is 1. The van der Waals surface area contributed by atoms with Crippen LogP contribution in [0, 0.1) is 5.82 Å². The number of rotatable bonds is 11. The van der Waals surface area contributed by atoms with Crippen molar-refractivity contribution in [2.24, 2.45) is 0 Å². The highest BCUT2D eigenvalue weighted by atomic mass is 19.1. The molecule has 0 saturated carbocycles. The van der Waals surface area contributed by atoms with Crippen LogP contribution >= 0.6 is 0 Å². The lowest BCUT2D eigenvalue weighted by Crippen LogP contribution is -2.34. The molecule has 0 saturated heterocycles. The Balaban J connectivity index is 1.52. The summed E-state index contributed by atoms with van der Waals surface area (Å²) in [7, 11) is 3.23. The van der Waals surface area contributed by atoms with Crippen LogP contribution in [0.25, 0.3) is 11.3 Å². The number of hydrogen-bond donors (Lipinski definition) is 2. The first kappa shape index (κ1) is 25.7. The molecule has 1 aromatic heterocycles. The van der Waals surface area contributed by atoms with E-state index in [1.807, 2.05) is 19.9 Å². The van der Waals surface area contributed by atoms with Gasteiger partial charge in [0.1, 0.15) is 5.82 Å². The fourth-order valence-corrected chi connectivity index (χ4v) is 3.51. The molecule has 3 rings (SSSR count). The van der Waals surface area contributed by atoms with E-state index < -0.39 is 0 Å². The topological polar surface area (TPSA) is 96.6 Å². The van der Waals surface area contributed by atoms with Gasteiger partial charge in [0.15, 0.2) is 18.1 Å². The van der Waals surface area contributed by atoms with E-state index in [4.69, 9.17) is 9.47 Å². The Labute approximate surface area is 204 Å². The fraction of sp³-hybridized carbons (Fsp3) is 0.346. The molecule has 8 nitrogen and oxygen atoms in total. The highest BCUT2D eigenvalue weighted by molar-refractivity contribution is 5.94. The van der Waals surface area contributed by atoms with Crippen molar-refractivity contribution < 1.29 is 23.5 Å². The zero-order valence-corrected chi connectivity index (χ0v) is 20.4. The number of aryl methyl sites for hydroxylation is 1. The minimum absolute atomic E-state index is 0.0219. The summed E-state index contributed by atoms with van der Waals surface area (Å²) in [6.07, 6.45) is 1.44. The molecule has 2 aromatic carbocycles. The summed E-state index contributed by atoms with van der Waals surface area (Å²) in [6.45, 7) is 4.14. The van der Waals surface area contributed by atoms with Gasteiger partial charge in [-0.2, -0.15) is 5.10 Å². The molecule has 0 bridgehead atoms. The van der Waals surface area contributed by atoms with E-state index in [2.05, 4.69) is 15.5 Å². The van der Waals surface area contributed by atoms with Crippen molar-refractivity contribution in [3.05, 3.63) is 65.6 Å². The second-order valence-electron chi connectivity index (χ2n) is 8.49.